The van der Waals surface area contributed by atoms with Crippen LogP contribution in [0.2, 0.25) is 0 Å². The van der Waals surface area contributed by atoms with Gasteiger partial charge in [-0.15, -0.1) is 0 Å². The number of aromatic nitrogens is 1. The van der Waals surface area contributed by atoms with Crippen molar-refractivity contribution in [3.8, 4) is 6.07 Å². The van der Waals surface area contributed by atoms with Crippen LogP contribution in [0, 0.1) is 11.3 Å². The molecule has 0 aliphatic heterocycles. The van der Waals surface area contributed by atoms with Gasteiger partial charge in [0.1, 0.15) is 11.1 Å². The molecule has 0 amide bonds. The minimum Gasteiger partial charge on any atom is -0.443 e. The molecule has 0 fully saturated rings. The lowest BCUT2D eigenvalue weighted by Crippen LogP contribution is -2.40. The Balaban J connectivity index is 2.04. The molecule has 0 spiro atoms. The van der Waals surface area contributed by atoms with Gasteiger partial charge < -0.3 is 4.42 Å². The SMILES string of the molecule is CN(CCc1ccc2ncoc2c1)C(C)(C)C#N. The molecular weight excluding hydrogens is 226 g/mol. The number of nitriles is 1. The topological polar surface area (TPSA) is 53.1 Å². The minimum atomic E-state index is -0.434. The zero-order valence-corrected chi connectivity index (χ0v) is 11.0. The third-order valence-corrected chi connectivity index (χ3v) is 3.36. The first-order valence-electron chi connectivity index (χ1n) is 5.97. The zero-order valence-electron chi connectivity index (χ0n) is 11.0. The smallest absolute Gasteiger partial charge is 0.181 e. The lowest BCUT2D eigenvalue weighted by molar-refractivity contribution is 0.214. The van der Waals surface area contributed by atoms with E-state index >= 15 is 0 Å². The van der Waals surface area contributed by atoms with Crippen molar-refractivity contribution in [1.29, 1.82) is 5.26 Å². The Bertz CT molecular complexity index is 580. The van der Waals surface area contributed by atoms with Gasteiger partial charge in [0.2, 0.25) is 0 Å². The van der Waals surface area contributed by atoms with Crippen molar-refractivity contribution < 1.29 is 4.42 Å². The summed E-state index contributed by atoms with van der Waals surface area (Å²) < 4.78 is 5.28. The van der Waals surface area contributed by atoms with E-state index in [0.29, 0.717) is 0 Å². The first-order valence-corrected chi connectivity index (χ1v) is 5.97. The van der Waals surface area contributed by atoms with Gasteiger partial charge >= 0.3 is 0 Å². The van der Waals surface area contributed by atoms with E-state index in [0.717, 1.165) is 24.1 Å². The van der Waals surface area contributed by atoms with E-state index in [9.17, 15) is 0 Å². The number of likely N-dealkylation sites (N-methyl/N-ethyl adjacent to an activating group) is 1. The highest BCUT2D eigenvalue weighted by molar-refractivity contribution is 5.72. The molecular formula is C14H17N3O. The maximum Gasteiger partial charge on any atom is 0.181 e. The van der Waals surface area contributed by atoms with E-state index in [1.807, 2.05) is 33.0 Å². The van der Waals surface area contributed by atoms with E-state index in [1.54, 1.807) is 0 Å². The third-order valence-electron chi connectivity index (χ3n) is 3.36. The van der Waals surface area contributed by atoms with Crippen molar-refractivity contribution in [2.24, 2.45) is 0 Å². The summed E-state index contributed by atoms with van der Waals surface area (Å²) >= 11 is 0. The lowest BCUT2D eigenvalue weighted by Gasteiger charge is -2.28. The van der Waals surface area contributed by atoms with Gasteiger partial charge in [-0.2, -0.15) is 5.26 Å². The van der Waals surface area contributed by atoms with Crippen molar-refractivity contribution in [3.63, 3.8) is 0 Å². The zero-order chi connectivity index (χ0) is 13.2. The summed E-state index contributed by atoms with van der Waals surface area (Å²) in [4.78, 5) is 6.14. The predicted molar refractivity (Wildman–Crippen MR) is 70.0 cm³/mol. The highest BCUT2D eigenvalue weighted by Crippen LogP contribution is 2.16. The van der Waals surface area contributed by atoms with Gasteiger partial charge in [-0.05, 0) is 45.0 Å². The second kappa shape index (κ2) is 4.79. The van der Waals surface area contributed by atoms with Crippen LogP contribution in [-0.2, 0) is 6.42 Å². The fourth-order valence-corrected chi connectivity index (χ4v) is 1.72. The van der Waals surface area contributed by atoms with Crippen LogP contribution in [-0.4, -0.2) is 29.0 Å². The summed E-state index contributed by atoms with van der Waals surface area (Å²) in [6, 6.07) is 8.33. The average molecular weight is 243 g/mol. The molecule has 1 aromatic heterocycles. The fraction of sp³-hybridized carbons (Fsp3) is 0.429. The van der Waals surface area contributed by atoms with Gasteiger partial charge in [0.25, 0.3) is 0 Å². The summed E-state index contributed by atoms with van der Waals surface area (Å²) in [6.07, 6.45) is 2.34. The number of benzene rings is 1. The number of nitrogens with zero attached hydrogens (tertiary/aromatic N) is 3. The normalized spacial score (nSPS) is 11.9. The number of rotatable bonds is 4. The average Bonchev–Trinajstić information content (AvgIpc) is 2.83. The van der Waals surface area contributed by atoms with Gasteiger partial charge in [-0.1, -0.05) is 6.07 Å². The number of hydrogen-bond donors (Lipinski definition) is 0. The molecule has 0 bridgehead atoms. The van der Waals surface area contributed by atoms with E-state index in [1.165, 1.54) is 12.0 Å². The van der Waals surface area contributed by atoms with E-state index in [2.05, 4.69) is 22.0 Å². The summed E-state index contributed by atoms with van der Waals surface area (Å²) in [7, 11) is 1.97. The molecule has 0 unspecified atom stereocenters. The summed E-state index contributed by atoms with van der Waals surface area (Å²) in [5.41, 5.74) is 2.45. The maximum absolute atomic E-state index is 9.06. The number of oxazole rings is 1. The quantitative estimate of drug-likeness (QED) is 0.828. The molecule has 0 atom stereocenters. The molecule has 4 nitrogen and oxygen atoms in total. The molecule has 1 heterocycles. The minimum absolute atomic E-state index is 0.434. The maximum atomic E-state index is 9.06. The highest BCUT2D eigenvalue weighted by Gasteiger charge is 2.22. The molecule has 2 aromatic rings. The van der Waals surface area contributed by atoms with Crippen LogP contribution >= 0.6 is 0 Å². The molecule has 0 saturated carbocycles. The summed E-state index contributed by atoms with van der Waals surface area (Å²) in [5.74, 6) is 0. The van der Waals surface area contributed by atoms with Crippen molar-refractivity contribution in [2.75, 3.05) is 13.6 Å². The van der Waals surface area contributed by atoms with E-state index < -0.39 is 5.54 Å². The number of hydrogen-bond acceptors (Lipinski definition) is 4. The second-order valence-electron chi connectivity index (χ2n) is 5.00. The molecule has 4 heteroatoms. The first kappa shape index (κ1) is 12.6. The molecule has 18 heavy (non-hydrogen) atoms. The molecule has 0 aliphatic carbocycles. The van der Waals surface area contributed by atoms with Crippen LogP contribution in [0.4, 0.5) is 0 Å². The van der Waals surface area contributed by atoms with E-state index in [-0.39, 0.29) is 0 Å². The van der Waals surface area contributed by atoms with Crippen LogP contribution in [0.3, 0.4) is 0 Å². The van der Waals surface area contributed by atoms with Crippen LogP contribution in [0.25, 0.3) is 11.1 Å². The van der Waals surface area contributed by atoms with Crippen molar-refractivity contribution in [3.05, 3.63) is 30.2 Å². The van der Waals surface area contributed by atoms with Gasteiger partial charge in [0, 0.05) is 6.54 Å². The van der Waals surface area contributed by atoms with Gasteiger partial charge in [0.05, 0.1) is 6.07 Å². The largest absolute Gasteiger partial charge is 0.443 e. The Labute approximate surface area is 107 Å². The Kier molecular flexibility index (Phi) is 3.35. The first-order chi connectivity index (χ1) is 8.53. The van der Waals surface area contributed by atoms with Crippen molar-refractivity contribution in [1.82, 2.24) is 9.88 Å². The van der Waals surface area contributed by atoms with Crippen molar-refractivity contribution in [2.45, 2.75) is 25.8 Å². The molecule has 2 rings (SSSR count). The van der Waals surface area contributed by atoms with Crippen molar-refractivity contribution >= 4 is 11.1 Å². The third kappa shape index (κ3) is 2.52. The van der Waals surface area contributed by atoms with Gasteiger partial charge in [0.15, 0.2) is 12.0 Å². The Hall–Kier alpha value is -1.86. The molecule has 0 N–H and O–H groups in total. The van der Waals surface area contributed by atoms with Crippen LogP contribution in [0.5, 0.6) is 0 Å². The van der Waals surface area contributed by atoms with Crippen LogP contribution < -0.4 is 0 Å². The standard InChI is InChI=1S/C14H17N3O/c1-14(2,9-15)17(3)7-6-11-4-5-12-13(8-11)18-10-16-12/h4-5,8,10H,6-7H2,1-3H3. The fourth-order valence-electron chi connectivity index (χ4n) is 1.72. The highest BCUT2D eigenvalue weighted by atomic mass is 16.3. The lowest BCUT2D eigenvalue weighted by atomic mass is 10.0. The monoisotopic (exact) mass is 243 g/mol. The Morgan fingerprint density at radius 1 is 1.44 bits per heavy atom. The molecule has 0 saturated heterocycles. The van der Waals surface area contributed by atoms with Crippen LogP contribution in [0.15, 0.2) is 29.0 Å². The predicted octanol–water partition coefficient (Wildman–Crippen LogP) is 2.60. The second-order valence-corrected chi connectivity index (χ2v) is 5.00. The molecule has 1 aromatic carbocycles. The summed E-state index contributed by atoms with van der Waals surface area (Å²) in [5, 5.41) is 9.06. The van der Waals surface area contributed by atoms with Crippen LogP contribution in [0.1, 0.15) is 19.4 Å². The molecule has 94 valence electrons. The Morgan fingerprint density at radius 3 is 2.94 bits per heavy atom. The Morgan fingerprint density at radius 2 is 2.22 bits per heavy atom. The van der Waals surface area contributed by atoms with E-state index in [4.69, 9.17) is 9.68 Å². The molecule has 0 aliphatic rings. The van der Waals surface area contributed by atoms with Gasteiger partial charge in [-0.3, -0.25) is 4.90 Å². The van der Waals surface area contributed by atoms with Gasteiger partial charge in [-0.25, -0.2) is 4.98 Å². The summed E-state index contributed by atoms with van der Waals surface area (Å²) in [6.45, 7) is 4.68. The number of fused-ring (bicyclic) bond motifs is 1. The molecule has 0 radical (unpaired) electrons.